The van der Waals surface area contributed by atoms with Crippen LogP contribution in [0, 0.1) is 28.6 Å². The number of nitrogens with zero attached hydrogens (tertiary/aromatic N) is 1. The van der Waals surface area contributed by atoms with Gasteiger partial charge in [0.15, 0.2) is 0 Å². The summed E-state index contributed by atoms with van der Waals surface area (Å²) >= 11 is 0. The number of allylic oxidation sites excluding steroid dienone is 3. The van der Waals surface area contributed by atoms with Crippen molar-refractivity contribution in [2.24, 2.45) is 28.6 Å². The lowest BCUT2D eigenvalue weighted by Crippen LogP contribution is -2.54. The van der Waals surface area contributed by atoms with Crippen molar-refractivity contribution in [2.75, 3.05) is 32.9 Å². The maximum atomic E-state index is 12.9. The Bertz CT molecular complexity index is 751. The zero-order chi connectivity index (χ0) is 20.9. The van der Waals surface area contributed by atoms with Gasteiger partial charge in [0, 0.05) is 19.1 Å². The van der Waals surface area contributed by atoms with Crippen LogP contribution in [0.15, 0.2) is 23.3 Å². The lowest BCUT2D eigenvalue weighted by Gasteiger charge is -2.57. The Balaban J connectivity index is 1.51. The van der Waals surface area contributed by atoms with E-state index in [0.717, 1.165) is 56.1 Å². The summed E-state index contributed by atoms with van der Waals surface area (Å²) in [6.45, 7) is 10.8. The molecule has 166 valence electrons. The summed E-state index contributed by atoms with van der Waals surface area (Å²) in [4.78, 5) is 15.4. The largest absolute Gasteiger partial charge is 0.463 e. The minimum atomic E-state index is -0.119. The summed E-state index contributed by atoms with van der Waals surface area (Å²) in [5.41, 5.74) is 3.04. The van der Waals surface area contributed by atoms with E-state index in [2.05, 4.69) is 30.9 Å². The van der Waals surface area contributed by atoms with Crippen molar-refractivity contribution in [3.05, 3.63) is 23.3 Å². The van der Waals surface area contributed by atoms with Gasteiger partial charge >= 0.3 is 5.97 Å². The van der Waals surface area contributed by atoms with Gasteiger partial charge in [0.1, 0.15) is 0 Å². The maximum absolute atomic E-state index is 12.9. The summed E-state index contributed by atoms with van der Waals surface area (Å²) in [6, 6.07) is 0.158. The topological polar surface area (TPSA) is 38.8 Å². The Morgan fingerprint density at radius 3 is 2.77 bits per heavy atom. The molecule has 6 atom stereocenters. The first kappa shape index (κ1) is 20.8. The Labute approximate surface area is 182 Å². The van der Waals surface area contributed by atoms with Gasteiger partial charge in [0.25, 0.3) is 0 Å². The third kappa shape index (κ3) is 3.21. The molecule has 1 unspecified atom stereocenters. The van der Waals surface area contributed by atoms with Crippen molar-refractivity contribution >= 4 is 5.97 Å². The standard InChI is InChI=1S/C26H39NO3/c1-4-30-24(28)20-16-18-7-8-19-21-6-5-10-25(21,2)11-9-22(19)26(18,3)17-23(20)27-12-14-29-15-13-27/h7,16,19,21-23H,4-6,8-15,17H2,1-3H3/t19-,21-,22-,23?,25-,26-/m0/s1. The molecule has 4 heteroatoms. The predicted octanol–water partition coefficient (Wildman–Crippen LogP) is 4.75. The second-order valence-electron chi connectivity index (χ2n) is 11.0. The Morgan fingerprint density at radius 1 is 1.20 bits per heavy atom. The van der Waals surface area contributed by atoms with E-state index in [9.17, 15) is 4.79 Å². The van der Waals surface area contributed by atoms with Crippen molar-refractivity contribution in [1.82, 2.24) is 4.90 Å². The first-order valence-electron chi connectivity index (χ1n) is 12.4. The van der Waals surface area contributed by atoms with E-state index in [1.165, 1.54) is 44.1 Å². The van der Waals surface area contributed by atoms with Crippen LogP contribution in [-0.4, -0.2) is 49.8 Å². The van der Waals surface area contributed by atoms with Crippen molar-refractivity contribution in [3.8, 4) is 0 Å². The van der Waals surface area contributed by atoms with Gasteiger partial charge in [-0.05, 0) is 85.7 Å². The quantitative estimate of drug-likeness (QED) is 0.626. The van der Waals surface area contributed by atoms with E-state index < -0.39 is 0 Å². The predicted molar refractivity (Wildman–Crippen MR) is 118 cm³/mol. The highest BCUT2D eigenvalue weighted by Gasteiger charge is 2.56. The fourth-order valence-electron chi connectivity index (χ4n) is 8.00. The van der Waals surface area contributed by atoms with E-state index in [1.54, 1.807) is 0 Å². The summed E-state index contributed by atoms with van der Waals surface area (Å²) in [7, 11) is 0. The summed E-state index contributed by atoms with van der Waals surface area (Å²) in [5.74, 6) is 2.34. The smallest absolute Gasteiger partial charge is 0.335 e. The molecule has 0 amide bonds. The van der Waals surface area contributed by atoms with Crippen LogP contribution >= 0.6 is 0 Å². The van der Waals surface area contributed by atoms with Crippen LogP contribution in [0.3, 0.4) is 0 Å². The lowest BCUT2D eigenvalue weighted by atomic mass is 9.48. The summed E-state index contributed by atoms with van der Waals surface area (Å²) in [6.07, 6.45) is 14.0. The second kappa shape index (κ2) is 7.78. The van der Waals surface area contributed by atoms with Crippen LogP contribution in [0.25, 0.3) is 0 Å². The van der Waals surface area contributed by atoms with Crippen LogP contribution in [0.1, 0.15) is 65.7 Å². The van der Waals surface area contributed by atoms with Gasteiger partial charge in [-0.2, -0.15) is 0 Å². The number of carbonyl (C=O) groups is 1. The maximum Gasteiger partial charge on any atom is 0.335 e. The summed E-state index contributed by atoms with van der Waals surface area (Å²) < 4.78 is 11.1. The molecule has 1 heterocycles. The number of hydrogen-bond donors (Lipinski definition) is 0. The van der Waals surface area contributed by atoms with Gasteiger partial charge in [-0.15, -0.1) is 0 Å². The number of rotatable bonds is 3. The van der Waals surface area contributed by atoms with Crippen molar-refractivity contribution in [1.29, 1.82) is 0 Å². The molecule has 0 bridgehead atoms. The van der Waals surface area contributed by atoms with Gasteiger partial charge < -0.3 is 9.47 Å². The molecule has 4 nitrogen and oxygen atoms in total. The van der Waals surface area contributed by atoms with Gasteiger partial charge in [0.2, 0.25) is 0 Å². The van der Waals surface area contributed by atoms with Crippen LogP contribution in [0.4, 0.5) is 0 Å². The molecule has 5 rings (SSSR count). The van der Waals surface area contributed by atoms with Crippen LogP contribution in [0.5, 0.6) is 0 Å². The average Bonchev–Trinajstić information content (AvgIpc) is 3.15. The van der Waals surface area contributed by atoms with E-state index in [-0.39, 0.29) is 17.4 Å². The van der Waals surface area contributed by atoms with E-state index in [1.807, 2.05) is 6.92 Å². The number of esters is 1. The van der Waals surface area contributed by atoms with Gasteiger partial charge in [-0.3, -0.25) is 4.90 Å². The molecule has 0 aromatic rings. The highest BCUT2D eigenvalue weighted by atomic mass is 16.5. The van der Waals surface area contributed by atoms with Crippen molar-refractivity contribution in [3.63, 3.8) is 0 Å². The van der Waals surface area contributed by atoms with Gasteiger partial charge in [-0.1, -0.05) is 26.3 Å². The Kier molecular flexibility index (Phi) is 5.38. The monoisotopic (exact) mass is 413 g/mol. The van der Waals surface area contributed by atoms with E-state index >= 15 is 0 Å². The Hall–Kier alpha value is -1.13. The molecule has 2 saturated carbocycles. The molecule has 1 saturated heterocycles. The molecule has 0 radical (unpaired) electrons. The average molecular weight is 414 g/mol. The summed E-state index contributed by atoms with van der Waals surface area (Å²) in [5, 5.41) is 0. The van der Waals surface area contributed by atoms with E-state index in [0.29, 0.717) is 12.0 Å². The molecular weight excluding hydrogens is 374 g/mol. The molecule has 0 N–H and O–H groups in total. The normalized spacial score (nSPS) is 43.7. The minimum Gasteiger partial charge on any atom is -0.463 e. The van der Waals surface area contributed by atoms with Crippen molar-refractivity contribution in [2.45, 2.75) is 71.8 Å². The number of carbonyl (C=O) groups excluding carboxylic acids is 1. The number of fused-ring (bicyclic) bond motifs is 5. The molecule has 0 spiro atoms. The highest BCUT2D eigenvalue weighted by molar-refractivity contribution is 5.91. The number of morpholine rings is 1. The van der Waals surface area contributed by atoms with E-state index in [4.69, 9.17) is 9.47 Å². The van der Waals surface area contributed by atoms with Crippen LogP contribution < -0.4 is 0 Å². The van der Waals surface area contributed by atoms with Gasteiger partial charge in [-0.25, -0.2) is 4.79 Å². The minimum absolute atomic E-state index is 0.119. The molecule has 4 aliphatic carbocycles. The third-order valence-corrected chi connectivity index (χ3v) is 9.59. The first-order valence-corrected chi connectivity index (χ1v) is 12.4. The second-order valence-corrected chi connectivity index (χ2v) is 11.0. The molecular formula is C26H39NO3. The lowest BCUT2D eigenvalue weighted by molar-refractivity contribution is -0.140. The molecule has 0 aromatic carbocycles. The third-order valence-electron chi connectivity index (χ3n) is 9.59. The molecule has 0 aromatic heterocycles. The zero-order valence-electron chi connectivity index (χ0n) is 19.1. The van der Waals surface area contributed by atoms with Crippen LogP contribution in [0.2, 0.25) is 0 Å². The van der Waals surface area contributed by atoms with Crippen molar-refractivity contribution < 1.29 is 14.3 Å². The van der Waals surface area contributed by atoms with Gasteiger partial charge in [0.05, 0.1) is 25.4 Å². The molecule has 3 fully saturated rings. The fraction of sp³-hybridized carbons (Fsp3) is 0.808. The molecule has 1 aliphatic heterocycles. The Morgan fingerprint density at radius 2 is 2.00 bits per heavy atom. The molecule has 5 aliphatic rings. The number of hydrogen-bond acceptors (Lipinski definition) is 4. The number of ether oxygens (including phenoxy) is 2. The highest BCUT2D eigenvalue weighted by Crippen LogP contribution is 2.64. The zero-order valence-corrected chi connectivity index (χ0v) is 19.1. The van der Waals surface area contributed by atoms with Crippen LogP contribution in [-0.2, 0) is 14.3 Å². The molecule has 30 heavy (non-hydrogen) atoms. The fourth-order valence-corrected chi connectivity index (χ4v) is 8.00. The SMILES string of the molecule is CCOC(=O)C1=CC2=CC[C@H]3[C@@H]4CCC[C@@]4(C)CC[C@@H]3[C@@]2(C)CC1N1CCOCC1. The first-order chi connectivity index (χ1) is 14.5.